The first-order chi connectivity index (χ1) is 9.87. The summed E-state index contributed by atoms with van der Waals surface area (Å²) >= 11 is 0. The molecule has 5 atom stereocenters. The molecule has 0 radical (unpaired) electrons. The van der Waals surface area contributed by atoms with Crippen LogP contribution in [0.2, 0.25) is 0 Å². The molecule has 0 spiro atoms. The van der Waals surface area contributed by atoms with E-state index in [4.69, 9.17) is 4.74 Å². The highest BCUT2D eigenvalue weighted by Gasteiger charge is 2.35. The molecule has 0 heterocycles. The molecule has 0 aliphatic heterocycles. The molecule has 0 aromatic rings. The first-order valence-electron chi connectivity index (χ1n) is 9.13. The summed E-state index contributed by atoms with van der Waals surface area (Å²) in [6.07, 6.45) is 18.2. The number of allylic oxidation sites excluding steroid dienone is 2. The topological polar surface area (TPSA) is 9.23 Å². The Kier molecular flexibility index (Phi) is 3.90. The van der Waals surface area contributed by atoms with Gasteiger partial charge in [0.25, 0.3) is 0 Å². The SMILES string of the molecule is C1=CC2CC1CC2COCCC1CC2CCCC(C2)C1. The normalized spacial score (nSPS) is 46.0. The van der Waals surface area contributed by atoms with Gasteiger partial charge in [0.05, 0.1) is 0 Å². The molecule has 4 aliphatic carbocycles. The number of fused-ring (bicyclic) bond motifs is 4. The van der Waals surface area contributed by atoms with Crippen LogP contribution in [-0.4, -0.2) is 13.2 Å². The van der Waals surface area contributed by atoms with Gasteiger partial charge in [-0.2, -0.15) is 0 Å². The molecule has 5 unspecified atom stereocenters. The van der Waals surface area contributed by atoms with Gasteiger partial charge in [0, 0.05) is 13.2 Å². The van der Waals surface area contributed by atoms with Crippen molar-refractivity contribution >= 4 is 0 Å². The van der Waals surface area contributed by atoms with Gasteiger partial charge in [-0.1, -0.05) is 31.4 Å². The first-order valence-corrected chi connectivity index (χ1v) is 9.13. The van der Waals surface area contributed by atoms with E-state index >= 15 is 0 Å². The van der Waals surface area contributed by atoms with E-state index in [2.05, 4.69) is 12.2 Å². The summed E-state index contributed by atoms with van der Waals surface area (Å²) in [5, 5.41) is 0. The van der Waals surface area contributed by atoms with Gasteiger partial charge in [0.1, 0.15) is 0 Å². The smallest absolute Gasteiger partial charge is 0.0500 e. The van der Waals surface area contributed by atoms with Crippen molar-refractivity contribution in [3.63, 3.8) is 0 Å². The Morgan fingerprint density at radius 1 is 0.900 bits per heavy atom. The fourth-order valence-electron chi connectivity index (χ4n) is 5.68. The zero-order valence-electron chi connectivity index (χ0n) is 12.8. The van der Waals surface area contributed by atoms with Crippen molar-refractivity contribution in [3.05, 3.63) is 12.2 Å². The molecule has 3 fully saturated rings. The molecule has 0 amide bonds. The van der Waals surface area contributed by atoms with Crippen molar-refractivity contribution in [2.24, 2.45) is 35.5 Å². The van der Waals surface area contributed by atoms with Crippen LogP contribution in [0.4, 0.5) is 0 Å². The molecule has 4 aliphatic rings. The largest absolute Gasteiger partial charge is 0.381 e. The van der Waals surface area contributed by atoms with Crippen molar-refractivity contribution in [1.82, 2.24) is 0 Å². The lowest BCUT2D eigenvalue weighted by Gasteiger charge is -2.39. The minimum absolute atomic E-state index is 0.843. The average Bonchev–Trinajstić information content (AvgIpc) is 3.06. The van der Waals surface area contributed by atoms with Crippen LogP contribution in [0.1, 0.15) is 57.8 Å². The van der Waals surface area contributed by atoms with Crippen LogP contribution in [0.25, 0.3) is 0 Å². The van der Waals surface area contributed by atoms with Gasteiger partial charge in [-0.15, -0.1) is 0 Å². The Bertz CT molecular complexity index is 349. The first kappa shape index (κ1) is 13.4. The zero-order chi connectivity index (χ0) is 13.4. The lowest BCUT2D eigenvalue weighted by molar-refractivity contribution is 0.0604. The molecule has 112 valence electrons. The second kappa shape index (κ2) is 5.83. The Balaban J connectivity index is 1.15. The molecule has 0 N–H and O–H groups in total. The van der Waals surface area contributed by atoms with Gasteiger partial charge < -0.3 is 4.74 Å². The van der Waals surface area contributed by atoms with E-state index < -0.39 is 0 Å². The van der Waals surface area contributed by atoms with Crippen molar-refractivity contribution < 1.29 is 4.74 Å². The molecule has 20 heavy (non-hydrogen) atoms. The predicted octanol–water partition coefficient (Wildman–Crippen LogP) is 4.82. The molecule has 4 bridgehead atoms. The Morgan fingerprint density at radius 2 is 1.75 bits per heavy atom. The molecule has 0 saturated heterocycles. The highest BCUT2D eigenvalue weighted by molar-refractivity contribution is 5.09. The van der Waals surface area contributed by atoms with E-state index in [1.54, 1.807) is 6.42 Å². The van der Waals surface area contributed by atoms with Gasteiger partial charge in [0.15, 0.2) is 0 Å². The van der Waals surface area contributed by atoms with Crippen LogP contribution in [-0.2, 0) is 4.74 Å². The summed E-state index contributed by atoms with van der Waals surface area (Å²) < 4.78 is 6.06. The van der Waals surface area contributed by atoms with E-state index in [0.29, 0.717) is 0 Å². The molecular formula is C19H30O. The lowest BCUT2D eigenvalue weighted by Crippen LogP contribution is -2.27. The second-order valence-electron chi connectivity index (χ2n) is 8.14. The maximum absolute atomic E-state index is 6.06. The highest BCUT2D eigenvalue weighted by atomic mass is 16.5. The summed E-state index contributed by atoms with van der Waals surface area (Å²) in [7, 11) is 0. The summed E-state index contributed by atoms with van der Waals surface area (Å²) in [5.41, 5.74) is 0. The lowest BCUT2D eigenvalue weighted by atomic mass is 9.67. The molecule has 0 aromatic carbocycles. The average molecular weight is 274 g/mol. The molecule has 1 nitrogen and oxygen atoms in total. The quantitative estimate of drug-likeness (QED) is 0.516. The van der Waals surface area contributed by atoms with Crippen molar-refractivity contribution in [2.75, 3.05) is 13.2 Å². The fourth-order valence-corrected chi connectivity index (χ4v) is 5.68. The third kappa shape index (κ3) is 2.84. The summed E-state index contributed by atoms with van der Waals surface area (Å²) in [6, 6.07) is 0. The number of rotatable bonds is 5. The van der Waals surface area contributed by atoms with Crippen LogP contribution < -0.4 is 0 Å². The zero-order valence-corrected chi connectivity index (χ0v) is 12.8. The molecular weight excluding hydrogens is 244 g/mol. The minimum Gasteiger partial charge on any atom is -0.381 e. The van der Waals surface area contributed by atoms with Crippen LogP contribution in [0, 0.1) is 35.5 Å². The second-order valence-corrected chi connectivity index (χ2v) is 8.14. The number of hydrogen-bond donors (Lipinski definition) is 0. The van der Waals surface area contributed by atoms with E-state index in [-0.39, 0.29) is 0 Å². The number of hydrogen-bond acceptors (Lipinski definition) is 1. The van der Waals surface area contributed by atoms with Gasteiger partial charge in [-0.05, 0) is 74.0 Å². The molecule has 4 rings (SSSR count). The Hall–Kier alpha value is -0.300. The maximum Gasteiger partial charge on any atom is 0.0500 e. The molecule has 1 heteroatoms. The fraction of sp³-hybridized carbons (Fsp3) is 0.895. The van der Waals surface area contributed by atoms with Crippen molar-refractivity contribution in [3.8, 4) is 0 Å². The van der Waals surface area contributed by atoms with E-state index in [1.807, 2.05) is 0 Å². The molecule has 0 aromatic heterocycles. The standard InChI is InChI=1S/C19H30O/c1-2-14-8-15(3-1)10-17(9-14)6-7-20-13-19-12-16-4-5-18(19)11-16/h4-5,14-19H,1-3,6-13H2. The summed E-state index contributed by atoms with van der Waals surface area (Å²) in [6.45, 7) is 2.06. The summed E-state index contributed by atoms with van der Waals surface area (Å²) in [4.78, 5) is 0. The van der Waals surface area contributed by atoms with Crippen molar-refractivity contribution in [1.29, 1.82) is 0 Å². The van der Waals surface area contributed by atoms with Gasteiger partial charge in [-0.25, -0.2) is 0 Å². The third-order valence-electron chi connectivity index (χ3n) is 6.64. The van der Waals surface area contributed by atoms with Gasteiger partial charge in [0.2, 0.25) is 0 Å². The third-order valence-corrected chi connectivity index (χ3v) is 6.64. The number of ether oxygens (including phenoxy) is 1. The van der Waals surface area contributed by atoms with Gasteiger partial charge in [-0.3, -0.25) is 0 Å². The molecule has 3 saturated carbocycles. The van der Waals surface area contributed by atoms with Gasteiger partial charge >= 0.3 is 0 Å². The van der Waals surface area contributed by atoms with Crippen LogP contribution in [0.5, 0.6) is 0 Å². The minimum atomic E-state index is 0.843. The van der Waals surface area contributed by atoms with Crippen LogP contribution in [0.3, 0.4) is 0 Å². The van der Waals surface area contributed by atoms with Crippen molar-refractivity contribution in [2.45, 2.75) is 57.8 Å². The van der Waals surface area contributed by atoms with E-state index in [1.165, 1.54) is 51.4 Å². The van der Waals surface area contributed by atoms with E-state index in [0.717, 1.165) is 48.7 Å². The monoisotopic (exact) mass is 274 g/mol. The summed E-state index contributed by atoms with van der Waals surface area (Å²) in [5.74, 6) is 5.72. The van der Waals surface area contributed by atoms with E-state index in [9.17, 15) is 0 Å². The van der Waals surface area contributed by atoms with Crippen LogP contribution in [0.15, 0.2) is 12.2 Å². The Morgan fingerprint density at radius 3 is 2.45 bits per heavy atom. The maximum atomic E-state index is 6.06. The predicted molar refractivity (Wildman–Crippen MR) is 82.5 cm³/mol. The Labute approximate surface area is 124 Å². The van der Waals surface area contributed by atoms with Crippen LogP contribution >= 0.6 is 0 Å². The highest BCUT2D eigenvalue weighted by Crippen LogP contribution is 2.44.